The SMILES string of the molecule is CCC(N)C(c1ccc(OC)cc1)N(C)CC. The summed E-state index contributed by atoms with van der Waals surface area (Å²) in [6.45, 7) is 5.27. The monoisotopic (exact) mass is 236 g/mol. The Morgan fingerprint density at radius 1 is 1.24 bits per heavy atom. The lowest BCUT2D eigenvalue weighted by molar-refractivity contribution is 0.219. The highest BCUT2D eigenvalue weighted by Crippen LogP contribution is 2.25. The van der Waals surface area contributed by atoms with Gasteiger partial charge in [-0.1, -0.05) is 26.0 Å². The van der Waals surface area contributed by atoms with Crippen molar-refractivity contribution in [2.24, 2.45) is 5.73 Å². The maximum Gasteiger partial charge on any atom is 0.118 e. The summed E-state index contributed by atoms with van der Waals surface area (Å²) in [6, 6.07) is 8.63. The van der Waals surface area contributed by atoms with Crippen LogP contribution in [0.2, 0.25) is 0 Å². The number of benzene rings is 1. The van der Waals surface area contributed by atoms with Crippen LogP contribution in [0.5, 0.6) is 5.75 Å². The molecule has 17 heavy (non-hydrogen) atoms. The second kappa shape index (κ2) is 6.62. The van der Waals surface area contributed by atoms with E-state index in [-0.39, 0.29) is 12.1 Å². The zero-order valence-corrected chi connectivity index (χ0v) is 11.3. The van der Waals surface area contributed by atoms with Gasteiger partial charge in [-0.25, -0.2) is 0 Å². The molecular weight excluding hydrogens is 212 g/mol. The predicted octanol–water partition coefficient (Wildman–Crippen LogP) is 2.43. The van der Waals surface area contributed by atoms with Crippen molar-refractivity contribution in [2.75, 3.05) is 20.7 Å². The van der Waals surface area contributed by atoms with Crippen LogP contribution in [0.15, 0.2) is 24.3 Å². The fourth-order valence-electron chi connectivity index (χ4n) is 2.05. The van der Waals surface area contributed by atoms with Crippen LogP contribution < -0.4 is 10.5 Å². The average Bonchev–Trinajstić information content (AvgIpc) is 2.39. The molecular formula is C14H24N2O. The molecule has 0 heterocycles. The highest BCUT2D eigenvalue weighted by Gasteiger charge is 2.21. The van der Waals surface area contributed by atoms with Crippen LogP contribution in [-0.4, -0.2) is 31.6 Å². The fourth-order valence-corrected chi connectivity index (χ4v) is 2.05. The van der Waals surface area contributed by atoms with Gasteiger partial charge in [-0.2, -0.15) is 0 Å². The Hall–Kier alpha value is -1.06. The van der Waals surface area contributed by atoms with Gasteiger partial charge in [0.2, 0.25) is 0 Å². The number of hydrogen-bond acceptors (Lipinski definition) is 3. The molecule has 0 spiro atoms. The number of nitrogens with two attached hydrogens (primary N) is 1. The Morgan fingerprint density at radius 3 is 2.24 bits per heavy atom. The Labute approximate surface area is 105 Å². The zero-order valence-electron chi connectivity index (χ0n) is 11.3. The highest BCUT2D eigenvalue weighted by atomic mass is 16.5. The van der Waals surface area contributed by atoms with Gasteiger partial charge in [-0.05, 0) is 37.7 Å². The molecule has 0 aromatic heterocycles. The number of methoxy groups -OCH3 is 1. The van der Waals surface area contributed by atoms with Crippen LogP contribution in [-0.2, 0) is 0 Å². The maximum absolute atomic E-state index is 6.22. The molecule has 2 unspecified atom stereocenters. The van der Waals surface area contributed by atoms with Crippen LogP contribution in [0.25, 0.3) is 0 Å². The van der Waals surface area contributed by atoms with Crippen molar-refractivity contribution < 1.29 is 4.74 Å². The minimum Gasteiger partial charge on any atom is -0.497 e. The topological polar surface area (TPSA) is 38.5 Å². The summed E-state index contributed by atoms with van der Waals surface area (Å²) >= 11 is 0. The van der Waals surface area contributed by atoms with Crippen LogP contribution in [0, 0.1) is 0 Å². The van der Waals surface area contributed by atoms with Crippen LogP contribution in [0.4, 0.5) is 0 Å². The van der Waals surface area contributed by atoms with E-state index in [0.717, 1.165) is 18.7 Å². The third-order valence-electron chi connectivity index (χ3n) is 3.31. The summed E-state index contributed by atoms with van der Waals surface area (Å²) in [5.74, 6) is 0.886. The molecule has 1 aromatic carbocycles. The number of hydrogen-bond donors (Lipinski definition) is 1. The first-order valence-corrected chi connectivity index (χ1v) is 6.23. The summed E-state index contributed by atoms with van der Waals surface area (Å²) in [5.41, 5.74) is 7.48. The van der Waals surface area contributed by atoms with E-state index in [1.165, 1.54) is 5.56 Å². The lowest BCUT2D eigenvalue weighted by atomic mass is 9.96. The molecule has 96 valence electrons. The van der Waals surface area contributed by atoms with E-state index in [1.54, 1.807) is 7.11 Å². The number of ether oxygens (including phenoxy) is 1. The van der Waals surface area contributed by atoms with Gasteiger partial charge in [0.25, 0.3) is 0 Å². The summed E-state index contributed by atoms with van der Waals surface area (Å²) in [7, 11) is 3.80. The van der Waals surface area contributed by atoms with E-state index in [4.69, 9.17) is 10.5 Å². The first-order valence-electron chi connectivity index (χ1n) is 6.23. The molecule has 1 aromatic rings. The Kier molecular flexibility index (Phi) is 5.45. The van der Waals surface area contributed by atoms with E-state index >= 15 is 0 Å². The molecule has 0 fully saturated rings. The van der Waals surface area contributed by atoms with Crippen molar-refractivity contribution in [3.8, 4) is 5.75 Å². The van der Waals surface area contributed by atoms with Crippen LogP contribution in [0.3, 0.4) is 0 Å². The normalized spacial score (nSPS) is 14.7. The molecule has 0 radical (unpaired) electrons. The van der Waals surface area contributed by atoms with E-state index in [0.29, 0.717) is 0 Å². The van der Waals surface area contributed by atoms with E-state index in [1.807, 2.05) is 12.1 Å². The van der Waals surface area contributed by atoms with E-state index in [2.05, 4.69) is 37.9 Å². The summed E-state index contributed by atoms with van der Waals surface area (Å²) in [5, 5.41) is 0. The summed E-state index contributed by atoms with van der Waals surface area (Å²) < 4.78 is 5.18. The van der Waals surface area contributed by atoms with Crippen molar-refractivity contribution >= 4 is 0 Å². The fraction of sp³-hybridized carbons (Fsp3) is 0.571. The number of rotatable bonds is 6. The van der Waals surface area contributed by atoms with E-state index in [9.17, 15) is 0 Å². The molecule has 2 atom stereocenters. The second-order valence-electron chi connectivity index (χ2n) is 4.36. The maximum atomic E-state index is 6.22. The Morgan fingerprint density at radius 2 is 1.82 bits per heavy atom. The van der Waals surface area contributed by atoms with Crippen molar-refractivity contribution in [2.45, 2.75) is 32.4 Å². The van der Waals surface area contributed by atoms with Gasteiger partial charge >= 0.3 is 0 Å². The second-order valence-corrected chi connectivity index (χ2v) is 4.36. The lowest BCUT2D eigenvalue weighted by Crippen LogP contribution is -2.38. The van der Waals surface area contributed by atoms with Gasteiger partial charge in [-0.15, -0.1) is 0 Å². The molecule has 0 bridgehead atoms. The van der Waals surface area contributed by atoms with Gasteiger partial charge in [0, 0.05) is 12.1 Å². The molecule has 0 aliphatic heterocycles. The zero-order chi connectivity index (χ0) is 12.8. The Bertz CT molecular complexity index is 313. The lowest BCUT2D eigenvalue weighted by Gasteiger charge is -2.32. The summed E-state index contributed by atoms with van der Waals surface area (Å²) in [4.78, 5) is 2.29. The molecule has 2 N–H and O–H groups in total. The van der Waals surface area contributed by atoms with E-state index < -0.39 is 0 Å². The molecule has 0 saturated carbocycles. The minimum absolute atomic E-state index is 0.161. The van der Waals surface area contributed by atoms with Gasteiger partial charge in [0.15, 0.2) is 0 Å². The first-order chi connectivity index (χ1) is 8.13. The third-order valence-corrected chi connectivity index (χ3v) is 3.31. The standard InChI is InChI=1S/C14H24N2O/c1-5-13(15)14(16(3)6-2)11-7-9-12(17-4)10-8-11/h7-10,13-14H,5-6,15H2,1-4H3. The van der Waals surface area contributed by atoms with Crippen molar-refractivity contribution in [3.63, 3.8) is 0 Å². The van der Waals surface area contributed by atoms with Gasteiger partial charge in [0.1, 0.15) is 5.75 Å². The molecule has 0 amide bonds. The average molecular weight is 236 g/mol. The molecule has 3 heteroatoms. The van der Waals surface area contributed by atoms with Gasteiger partial charge < -0.3 is 10.5 Å². The van der Waals surface area contributed by atoms with Crippen LogP contribution in [0.1, 0.15) is 31.9 Å². The quantitative estimate of drug-likeness (QED) is 0.824. The summed E-state index contributed by atoms with van der Waals surface area (Å²) in [6.07, 6.45) is 0.973. The first kappa shape index (κ1) is 14.0. The minimum atomic E-state index is 0.161. The van der Waals surface area contributed by atoms with Crippen LogP contribution >= 0.6 is 0 Å². The molecule has 0 saturated heterocycles. The molecule has 0 aliphatic carbocycles. The number of likely N-dealkylation sites (N-methyl/N-ethyl adjacent to an activating group) is 1. The predicted molar refractivity (Wildman–Crippen MR) is 72.3 cm³/mol. The highest BCUT2D eigenvalue weighted by molar-refractivity contribution is 5.29. The number of nitrogens with zero attached hydrogens (tertiary/aromatic N) is 1. The smallest absolute Gasteiger partial charge is 0.118 e. The molecule has 0 aliphatic rings. The largest absolute Gasteiger partial charge is 0.497 e. The van der Waals surface area contributed by atoms with Crippen molar-refractivity contribution in [3.05, 3.63) is 29.8 Å². The molecule has 1 rings (SSSR count). The third kappa shape index (κ3) is 3.45. The van der Waals surface area contributed by atoms with Crippen molar-refractivity contribution in [1.82, 2.24) is 4.90 Å². The van der Waals surface area contributed by atoms with Crippen molar-refractivity contribution in [1.29, 1.82) is 0 Å². The Balaban J connectivity index is 2.95. The van der Waals surface area contributed by atoms with Gasteiger partial charge in [0.05, 0.1) is 7.11 Å². The molecule has 3 nitrogen and oxygen atoms in total. The van der Waals surface area contributed by atoms with Gasteiger partial charge in [-0.3, -0.25) is 4.90 Å².